The van der Waals surface area contributed by atoms with Crippen molar-refractivity contribution in [2.75, 3.05) is 4.90 Å². The Labute approximate surface area is 315 Å². The molecule has 4 aromatic carbocycles. The first kappa shape index (κ1) is 36.3. The second-order valence-electron chi connectivity index (χ2n) is 17.1. The molecule has 1 nitrogen and oxygen atoms in total. The molecule has 270 valence electrons. The highest BCUT2D eigenvalue weighted by Gasteiger charge is 2.34. The van der Waals surface area contributed by atoms with Crippen LogP contribution in [0.5, 0.6) is 0 Å². The van der Waals surface area contributed by atoms with Crippen LogP contribution in [0.15, 0.2) is 121 Å². The van der Waals surface area contributed by atoms with E-state index in [1.165, 1.54) is 76.0 Å². The predicted octanol–water partition coefficient (Wildman–Crippen LogP) is 14.6. The predicted molar refractivity (Wildman–Crippen MR) is 226 cm³/mol. The molecule has 1 saturated carbocycles. The van der Waals surface area contributed by atoms with Crippen molar-refractivity contribution in [3.63, 3.8) is 0 Å². The third-order valence-corrected chi connectivity index (χ3v) is 14.1. The smallest absolute Gasteiger partial charge is 0.0418 e. The topological polar surface area (TPSA) is 3.24 Å². The minimum absolute atomic E-state index is 0.0122. The molecule has 0 bridgehead atoms. The number of anilines is 2. The van der Waals surface area contributed by atoms with Crippen LogP contribution in [-0.4, -0.2) is 5.54 Å². The summed E-state index contributed by atoms with van der Waals surface area (Å²) in [6.45, 7) is 18.8. The van der Waals surface area contributed by atoms with Crippen LogP contribution in [0.1, 0.15) is 140 Å². The molecule has 0 radical (unpaired) electrons. The third-order valence-electron chi connectivity index (χ3n) is 14.1. The van der Waals surface area contributed by atoms with Gasteiger partial charge in [0, 0.05) is 28.2 Å². The number of benzene rings is 4. The lowest BCUT2D eigenvalue weighted by molar-refractivity contribution is 0.314. The Kier molecular flexibility index (Phi) is 10.0. The van der Waals surface area contributed by atoms with E-state index in [2.05, 4.69) is 182 Å². The number of hydrogen-bond acceptors (Lipinski definition) is 1. The molecule has 0 aliphatic heterocycles. The van der Waals surface area contributed by atoms with Gasteiger partial charge in [-0.15, -0.1) is 0 Å². The van der Waals surface area contributed by atoms with Crippen LogP contribution in [-0.2, 0) is 10.8 Å². The SMILES string of the molecule is CCC(C)(CC)c1ccc(C(C)(C)C2=CCC(c3ccc(N(c4ccc(-c5ccc6c(c5)C5CCC5C=C6)cc4)C(C)(CC)CC)cc3)C=C2)cc1. The fourth-order valence-corrected chi connectivity index (χ4v) is 9.05. The zero-order valence-electron chi connectivity index (χ0n) is 33.2. The van der Waals surface area contributed by atoms with Crippen LogP contribution in [0.25, 0.3) is 17.2 Å². The molecule has 3 aliphatic carbocycles. The van der Waals surface area contributed by atoms with E-state index in [9.17, 15) is 0 Å². The van der Waals surface area contributed by atoms with E-state index in [1.54, 1.807) is 5.56 Å². The highest BCUT2D eigenvalue weighted by molar-refractivity contribution is 5.74. The lowest BCUT2D eigenvalue weighted by Crippen LogP contribution is -2.42. The zero-order chi connectivity index (χ0) is 36.7. The Morgan fingerprint density at radius 1 is 0.615 bits per heavy atom. The summed E-state index contributed by atoms with van der Waals surface area (Å²) in [7, 11) is 0. The molecule has 3 aliphatic rings. The Bertz CT molecular complexity index is 1940. The van der Waals surface area contributed by atoms with Gasteiger partial charge in [0.1, 0.15) is 0 Å². The first-order valence-corrected chi connectivity index (χ1v) is 20.4. The molecule has 3 atom stereocenters. The third kappa shape index (κ3) is 6.55. The van der Waals surface area contributed by atoms with Crippen LogP contribution >= 0.6 is 0 Å². The largest absolute Gasteiger partial charge is 0.336 e. The molecule has 7 rings (SSSR count). The molecule has 0 heterocycles. The average Bonchev–Trinajstić information content (AvgIpc) is 3.18. The maximum absolute atomic E-state index is 2.59. The molecule has 0 aromatic heterocycles. The summed E-state index contributed by atoms with van der Waals surface area (Å²) >= 11 is 0. The highest BCUT2D eigenvalue weighted by atomic mass is 15.2. The van der Waals surface area contributed by atoms with Crippen LogP contribution in [0.4, 0.5) is 11.4 Å². The molecule has 0 saturated heterocycles. The summed E-state index contributed by atoms with van der Waals surface area (Å²) in [5, 5.41) is 0. The minimum atomic E-state index is -0.0313. The van der Waals surface area contributed by atoms with Gasteiger partial charge in [0.05, 0.1) is 0 Å². The van der Waals surface area contributed by atoms with Crippen LogP contribution in [0.2, 0.25) is 0 Å². The van der Waals surface area contributed by atoms with Gasteiger partial charge in [0.15, 0.2) is 0 Å². The summed E-state index contributed by atoms with van der Waals surface area (Å²) in [4.78, 5) is 2.59. The summed E-state index contributed by atoms with van der Waals surface area (Å²) in [6.07, 6.45) is 20.3. The number of fused-ring (bicyclic) bond motifs is 3. The van der Waals surface area contributed by atoms with Crippen molar-refractivity contribution in [1.29, 1.82) is 0 Å². The number of rotatable bonds is 12. The quantitative estimate of drug-likeness (QED) is 0.143. The summed E-state index contributed by atoms with van der Waals surface area (Å²) in [6, 6.07) is 35.4. The van der Waals surface area contributed by atoms with Crippen LogP contribution in [0, 0.1) is 5.92 Å². The van der Waals surface area contributed by atoms with Gasteiger partial charge < -0.3 is 4.90 Å². The van der Waals surface area contributed by atoms with Gasteiger partial charge in [-0.3, -0.25) is 0 Å². The zero-order valence-corrected chi connectivity index (χ0v) is 33.2. The van der Waals surface area contributed by atoms with E-state index in [0.29, 0.717) is 11.8 Å². The fourth-order valence-electron chi connectivity index (χ4n) is 9.05. The van der Waals surface area contributed by atoms with Gasteiger partial charge in [0.25, 0.3) is 0 Å². The lowest BCUT2D eigenvalue weighted by Gasteiger charge is -2.42. The van der Waals surface area contributed by atoms with Crippen LogP contribution < -0.4 is 4.90 Å². The van der Waals surface area contributed by atoms with Gasteiger partial charge >= 0.3 is 0 Å². The van der Waals surface area contributed by atoms with Crippen molar-refractivity contribution in [3.05, 3.63) is 149 Å². The molecule has 1 fully saturated rings. The molecule has 0 N–H and O–H groups in total. The monoisotopic (exact) mass is 687 g/mol. The first-order valence-electron chi connectivity index (χ1n) is 20.4. The van der Waals surface area contributed by atoms with Gasteiger partial charge in [-0.05, 0) is 138 Å². The maximum atomic E-state index is 2.59. The van der Waals surface area contributed by atoms with E-state index in [-0.39, 0.29) is 16.4 Å². The van der Waals surface area contributed by atoms with E-state index in [1.807, 2.05) is 0 Å². The van der Waals surface area contributed by atoms with Gasteiger partial charge in [-0.25, -0.2) is 0 Å². The van der Waals surface area contributed by atoms with Crippen molar-refractivity contribution >= 4 is 17.5 Å². The standard InChI is InChI=1S/C51H61N/c1-9-50(7,10-2)44-28-26-43(27-29-44)49(5,6)42-24-17-36(18-25-42)37-19-30-45(31-20-37)52(51(8,11-3)12-4)46-32-21-38(22-33-46)41-16-15-40-14-13-39-23-34-47(39)48(40)35-41/h13-17,19-22,24-33,35-36,39,47H,9-12,18,23,34H2,1-8H3. The van der Waals surface area contributed by atoms with Crippen molar-refractivity contribution in [2.45, 2.75) is 129 Å². The number of nitrogens with zero attached hydrogens (tertiary/aromatic N) is 1. The maximum Gasteiger partial charge on any atom is 0.0418 e. The second kappa shape index (κ2) is 14.4. The summed E-state index contributed by atoms with van der Waals surface area (Å²) < 4.78 is 0. The molecular weight excluding hydrogens is 627 g/mol. The fraction of sp³-hybridized carbons (Fsp3) is 0.412. The van der Waals surface area contributed by atoms with E-state index in [0.717, 1.165) is 25.2 Å². The highest BCUT2D eigenvalue weighted by Crippen LogP contribution is 2.49. The Balaban J connectivity index is 1.08. The molecular formula is C51H61N. The minimum Gasteiger partial charge on any atom is -0.336 e. The van der Waals surface area contributed by atoms with Crippen molar-refractivity contribution in [1.82, 2.24) is 0 Å². The van der Waals surface area contributed by atoms with Crippen LogP contribution in [0.3, 0.4) is 0 Å². The number of hydrogen-bond donors (Lipinski definition) is 0. The second-order valence-corrected chi connectivity index (χ2v) is 17.1. The van der Waals surface area contributed by atoms with Gasteiger partial charge in [-0.2, -0.15) is 0 Å². The molecule has 0 spiro atoms. The Hall–Kier alpha value is -4.10. The van der Waals surface area contributed by atoms with Crippen molar-refractivity contribution in [3.8, 4) is 11.1 Å². The first-order chi connectivity index (χ1) is 25.0. The Morgan fingerprint density at radius 3 is 1.79 bits per heavy atom. The molecule has 4 aromatic rings. The lowest BCUT2D eigenvalue weighted by atomic mass is 9.66. The van der Waals surface area contributed by atoms with E-state index in [4.69, 9.17) is 0 Å². The molecule has 0 amide bonds. The van der Waals surface area contributed by atoms with E-state index < -0.39 is 0 Å². The number of allylic oxidation sites excluding steroid dienone is 5. The normalized spacial score (nSPS) is 19.8. The van der Waals surface area contributed by atoms with Gasteiger partial charge in [0.2, 0.25) is 0 Å². The molecule has 52 heavy (non-hydrogen) atoms. The summed E-state index contributed by atoms with van der Waals surface area (Å²) in [5.41, 5.74) is 14.0. The summed E-state index contributed by atoms with van der Waals surface area (Å²) in [5.74, 6) is 1.86. The molecule has 3 unspecified atom stereocenters. The van der Waals surface area contributed by atoms with Crippen molar-refractivity contribution < 1.29 is 0 Å². The van der Waals surface area contributed by atoms with Crippen molar-refractivity contribution in [2.24, 2.45) is 5.92 Å². The molecule has 1 heteroatoms. The van der Waals surface area contributed by atoms with E-state index >= 15 is 0 Å². The average molecular weight is 688 g/mol. The van der Waals surface area contributed by atoms with Gasteiger partial charge in [-0.1, -0.05) is 146 Å². The Morgan fingerprint density at radius 2 is 1.23 bits per heavy atom.